The van der Waals surface area contributed by atoms with Gasteiger partial charge in [0.25, 0.3) is 0 Å². The van der Waals surface area contributed by atoms with Crippen molar-refractivity contribution in [3.8, 4) is 0 Å². The highest BCUT2D eigenvalue weighted by atomic mass is 32.2. The average molecular weight is 439 g/mol. The van der Waals surface area contributed by atoms with Crippen LogP contribution in [-0.2, 0) is 21.8 Å². The molecule has 0 unspecified atom stereocenters. The molecule has 0 spiro atoms. The molecule has 1 atom stereocenters. The summed E-state index contributed by atoms with van der Waals surface area (Å²) in [4.78, 5) is 27.7. The van der Waals surface area contributed by atoms with E-state index in [1.54, 1.807) is 16.7 Å². The highest BCUT2D eigenvalue weighted by molar-refractivity contribution is 7.98. The molecule has 5 heteroatoms. The van der Waals surface area contributed by atoms with Gasteiger partial charge in [-0.1, -0.05) is 73.5 Å². The van der Waals surface area contributed by atoms with Crippen LogP contribution in [0.4, 0.5) is 0 Å². The summed E-state index contributed by atoms with van der Waals surface area (Å²) < 4.78 is 0. The summed E-state index contributed by atoms with van der Waals surface area (Å²) in [6, 6.07) is 20.3. The zero-order chi connectivity index (χ0) is 21.9. The minimum atomic E-state index is -0.448. The van der Waals surface area contributed by atoms with Crippen molar-refractivity contribution < 1.29 is 9.59 Å². The Morgan fingerprint density at radius 2 is 1.61 bits per heavy atom. The first kappa shape index (κ1) is 23.4. The highest BCUT2D eigenvalue weighted by Crippen LogP contribution is 2.19. The fourth-order valence-electron chi connectivity index (χ4n) is 4.03. The molecule has 31 heavy (non-hydrogen) atoms. The number of nitrogens with one attached hydrogen (secondary N) is 1. The van der Waals surface area contributed by atoms with Crippen LogP contribution in [0.2, 0.25) is 0 Å². The van der Waals surface area contributed by atoms with Gasteiger partial charge < -0.3 is 10.2 Å². The molecule has 2 amide bonds. The van der Waals surface area contributed by atoms with Crippen molar-refractivity contribution in [1.82, 2.24) is 10.2 Å². The third-order valence-corrected chi connectivity index (χ3v) is 6.96. The zero-order valence-electron chi connectivity index (χ0n) is 18.5. The van der Waals surface area contributed by atoms with E-state index in [9.17, 15) is 9.59 Å². The maximum atomic E-state index is 13.1. The summed E-state index contributed by atoms with van der Waals surface area (Å²) in [5, 5.41) is 3.16. The van der Waals surface area contributed by atoms with E-state index in [4.69, 9.17) is 0 Å². The predicted molar refractivity (Wildman–Crippen MR) is 129 cm³/mol. The smallest absolute Gasteiger partial charge is 0.242 e. The first-order valence-electron chi connectivity index (χ1n) is 11.4. The lowest BCUT2D eigenvalue weighted by molar-refractivity contribution is -0.139. The third-order valence-electron chi connectivity index (χ3n) is 5.92. The predicted octanol–water partition coefficient (Wildman–Crippen LogP) is 4.83. The molecule has 166 valence electrons. The van der Waals surface area contributed by atoms with E-state index in [-0.39, 0.29) is 17.9 Å². The van der Waals surface area contributed by atoms with Gasteiger partial charge in [0.05, 0.1) is 0 Å². The molecule has 0 bridgehead atoms. The standard InChI is InChI=1S/C26H34N2O2S/c1-21(26(30)27-24-14-8-9-15-24)28(18-16-22-10-4-2-5-11-22)25(29)17-19-31-20-23-12-6-3-7-13-23/h2-7,10-13,21,24H,8-9,14-20H2,1H3,(H,27,30)/t21-/m1/s1. The Kier molecular flexibility index (Phi) is 9.47. The van der Waals surface area contributed by atoms with Crippen LogP contribution in [0.15, 0.2) is 60.7 Å². The summed E-state index contributed by atoms with van der Waals surface area (Å²) in [7, 11) is 0. The van der Waals surface area contributed by atoms with Gasteiger partial charge in [-0.3, -0.25) is 9.59 Å². The van der Waals surface area contributed by atoms with Crippen molar-refractivity contribution >= 4 is 23.6 Å². The largest absolute Gasteiger partial charge is 0.352 e. The van der Waals surface area contributed by atoms with Crippen LogP contribution < -0.4 is 5.32 Å². The van der Waals surface area contributed by atoms with Crippen LogP contribution in [0.5, 0.6) is 0 Å². The Bertz CT molecular complexity index is 807. The van der Waals surface area contributed by atoms with Gasteiger partial charge in [-0.15, -0.1) is 0 Å². The molecule has 1 aliphatic carbocycles. The van der Waals surface area contributed by atoms with Crippen LogP contribution >= 0.6 is 11.8 Å². The second kappa shape index (κ2) is 12.6. The van der Waals surface area contributed by atoms with Crippen molar-refractivity contribution in [3.05, 3.63) is 71.8 Å². The quantitative estimate of drug-likeness (QED) is 0.511. The fourth-order valence-corrected chi connectivity index (χ4v) is 4.92. The molecule has 4 nitrogen and oxygen atoms in total. The number of carbonyl (C=O) groups excluding carboxylic acids is 2. The van der Waals surface area contributed by atoms with Crippen molar-refractivity contribution in [1.29, 1.82) is 0 Å². The molecule has 0 aromatic heterocycles. The number of amides is 2. The van der Waals surface area contributed by atoms with E-state index >= 15 is 0 Å². The molecule has 1 saturated carbocycles. The van der Waals surface area contributed by atoms with E-state index in [1.807, 2.05) is 43.3 Å². The van der Waals surface area contributed by atoms with Gasteiger partial charge in [0.15, 0.2) is 0 Å². The van der Waals surface area contributed by atoms with E-state index in [0.29, 0.717) is 13.0 Å². The zero-order valence-corrected chi connectivity index (χ0v) is 19.3. The molecule has 0 heterocycles. The lowest BCUT2D eigenvalue weighted by Gasteiger charge is -2.29. The number of carbonyl (C=O) groups is 2. The second-order valence-electron chi connectivity index (χ2n) is 8.28. The average Bonchev–Trinajstić information content (AvgIpc) is 3.31. The Morgan fingerprint density at radius 1 is 1.00 bits per heavy atom. The molecule has 0 saturated heterocycles. The topological polar surface area (TPSA) is 49.4 Å². The van der Waals surface area contributed by atoms with Crippen LogP contribution in [0, 0.1) is 0 Å². The van der Waals surface area contributed by atoms with E-state index in [2.05, 4.69) is 29.6 Å². The van der Waals surface area contributed by atoms with Gasteiger partial charge in [0.2, 0.25) is 11.8 Å². The monoisotopic (exact) mass is 438 g/mol. The summed E-state index contributed by atoms with van der Waals surface area (Å²) in [6.45, 7) is 2.43. The van der Waals surface area contributed by atoms with Gasteiger partial charge in [0.1, 0.15) is 6.04 Å². The van der Waals surface area contributed by atoms with Gasteiger partial charge in [0, 0.05) is 30.5 Å². The van der Waals surface area contributed by atoms with E-state index in [1.165, 1.54) is 24.0 Å². The summed E-state index contributed by atoms with van der Waals surface area (Å²) in [6.07, 6.45) is 5.65. The lowest BCUT2D eigenvalue weighted by Crippen LogP contribution is -2.50. The maximum absolute atomic E-state index is 13.1. The van der Waals surface area contributed by atoms with Crippen molar-refractivity contribution in [2.24, 2.45) is 0 Å². The van der Waals surface area contributed by atoms with Crippen LogP contribution in [0.3, 0.4) is 0 Å². The molecule has 1 aliphatic rings. The molecular formula is C26H34N2O2S. The van der Waals surface area contributed by atoms with Crippen molar-refractivity contribution in [3.63, 3.8) is 0 Å². The normalized spacial score (nSPS) is 14.9. The number of nitrogens with zero attached hydrogens (tertiary/aromatic N) is 1. The number of thioether (sulfide) groups is 1. The summed E-state index contributed by atoms with van der Waals surface area (Å²) >= 11 is 1.76. The van der Waals surface area contributed by atoms with Crippen LogP contribution in [-0.4, -0.2) is 41.1 Å². The third kappa shape index (κ3) is 7.73. The number of hydrogen-bond donors (Lipinski definition) is 1. The first-order valence-corrected chi connectivity index (χ1v) is 12.5. The minimum Gasteiger partial charge on any atom is -0.352 e. The van der Waals surface area contributed by atoms with Crippen LogP contribution in [0.1, 0.15) is 50.2 Å². The van der Waals surface area contributed by atoms with Crippen molar-refractivity contribution in [2.45, 2.75) is 63.3 Å². The fraction of sp³-hybridized carbons (Fsp3) is 0.462. The maximum Gasteiger partial charge on any atom is 0.242 e. The Hall–Kier alpha value is -2.27. The molecule has 1 N–H and O–H groups in total. The van der Waals surface area contributed by atoms with E-state index in [0.717, 1.165) is 30.8 Å². The Morgan fingerprint density at radius 3 is 2.26 bits per heavy atom. The van der Waals surface area contributed by atoms with Crippen LogP contribution in [0.25, 0.3) is 0 Å². The molecular weight excluding hydrogens is 404 g/mol. The summed E-state index contributed by atoms with van der Waals surface area (Å²) in [5.74, 6) is 1.69. The molecule has 0 radical (unpaired) electrons. The second-order valence-corrected chi connectivity index (χ2v) is 9.38. The van der Waals surface area contributed by atoms with E-state index < -0.39 is 6.04 Å². The number of hydrogen-bond acceptors (Lipinski definition) is 3. The summed E-state index contributed by atoms with van der Waals surface area (Å²) in [5.41, 5.74) is 2.45. The molecule has 2 aromatic rings. The molecule has 1 fully saturated rings. The Balaban J connectivity index is 1.55. The highest BCUT2D eigenvalue weighted by Gasteiger charge is 2.27. The van der Waals surface area contributed by atoms with Gasteiger partial charge in [-0.25, -0.2) is 0 Å². The molecule has 2 aromatic carbocycles. The number of rotatable bonds is 11. The van der Waals surface area contributed by atoms with Crippen molar-refractivity contribution in [2.75, 3.05) is 12.3 Å². The lowest BCUT2D eigenvalue weighted by atomic mass is 10.1. The SMILES string of the molecule is C[C@H](C(=O)NC1CCCC1)N(CCc1ccccc1)C(=O)CCSCc1ccccc1. The first-order chi connectivity index (χ1) is 15.1. The molecule has 3 rings (SSSR count). The van der Waals surface area contributed by atoms with Gasteiger partial charge in [-0.2, -0.15) is 11.8 Å². The molecule has 0 aliphatic heterocycles. The number of benzene rings is 2. The Labute approximate surface area is 190 Å². The minimum absolute atomic E-state index is 0.0229. The van der Waals surface area contributed by atoms with Gasteiger partial charge in [-0.05, 0) is 37.3 Å². The van der Waals surface area contributed by atoms with Gasteiger partial charge >= 0.3 is 0 Å².